The van der Waals surface area contributed by atoms with Crippen LogP contribution in [0, 0.1) is 0 Å². The van der Waals surface area contributed by atoms with Crippen LogP contribution in [-0.4, -0.2) is 20.7 Å². The molecule has 76 valence electrons. The molecule has 0 aliphatic heterocycles. The summed E-state index contributed by atoms with van der Waals surface area (Å²) in [6.45, 7) is 0.501. The van der Waals surface area contributed by atoms with Crippen molar-refractivity contribution in [3.63, 3.8) is 0 Å². The summed E-state index contributed by atoms with van der Waals surface area (Å²) in [5.41, 5.74) is 1.05. The van der Waals surface area contributed by atoms with Crippen molar-refractivity contribution in [2.24, 2.45) is 0 Å². The second-order valence-electron chi connectivity index (χ2n) is 3.08. The van der Waals surface area contributed by atoms with Gasteiger partial charge in [0.1, 0.15) is 0 Å². The van der Waals surface area contributed by atoms with E-state index in [0.29, 0.717) is 6.54 Å². The standard InChI is InChI=1S/C10H9N3O2.Li/c14-10(15)9-5-12-13(7-9)6-8-2-1-3-11-4-8;/h1-5,7H,6H2,(H,14,15);/q;+1/p-1. The van der Waals surface area contributed by atoms with Crippen LogP contribution < -0.4 is 24.0 Å². The minimum Gasteiger partial charge on any atom is -0.545 e. The predicted octanol–water partition coefficient (Wildman–Crippen LogP) is -3.31. The topological polar surface area (TPSA) is 70.8 Å². The van der Waals surface area contributed by atoms with Crippen LogP contribution >= 0.6 is 0 Å². The van der Waals surface area contributed by atoms with Gasteiger partial charge < -0.3 is 9.90 Å². The summed E-state index contributed by atoms with van der Waals surface area (Å²) >= 11 is 0. The Morgan fingerprint density at radius 2 is 2.25 bits per heavy atom. The number of hydrogen-bond acceptors (Lipinski definition) is 4. The van der Waals surface area contributed by atoms with E-state index in [4.69, 9.17) is 0 Å². The number of rotatable bonds is 3. The van der Waals surface area contributed by atoms with Crippen LogP contribution in [-0.2, 0) is 6.54 Å². The van der Waals surface area contributed by atoms with E-state index < -0.39 is 5.97 Å². The van der Waals surface area contributed by atoms with E-state index in [1.165, 1.54) is 17.1 Å². The SMILES string of the molecule is O=C([O-])c1cnn(Cc2cccnc2)c1.[Li+]. The van der Waals surface area contributed by atoms with Crippen LogP contribution in [0.3, 0.4) is 0 Å². The van der Waals surface area contributed by atoms with E-state index in [9.17, 15) is 9.90 Å². The van der Waals surface area contributed by atoms with Crippen LogP contribution in [0.5, 0.6) is 0 Å². The number of carboxylic acids is 1. The minimum absolute atomic E-state index is 0. The first-order valence-electron chi connectivity index (χ1n) is 4.38. The van der Waals surface area contributed by atoms with Gasteiger partial charge >= 0.3 is 18.9 Å². The van der Waals surface area contributed by atoms with E-state index >= 15 is 0 Å². The van der Waals surface area contributed by atoms with Gasteiger partial charge in [-0.15, -0.1) is 0 Å². The summed E-state index contributed by atoms with van der Waals surface area (Å²) in [6.07, 6.45) is 6.09. The van der Waals surface area contributed by atoms with E-state index in [2.05, 4.69) is 10.1 Å². The van der Waals surface area contributed by atoms with Gasteiger partial charge in [0.05, 0.1) is 18.7 Å². The first-order chi connectivity index (χ1) is 7.25. The third-order valence-electron chi connectivity index (χ3n) is 1.94. The van der Waals surface area contributed by atoms with Gasteiger partial charge in [-0.2, -0.15) is 5.10 Å². The fourth-order valence-corrected chi connectivity index (χ4v) is 1.23. The van der Waals surface area contributed by atoms with E-state index in [1.807, 2.05) is 12.1 Å². The molecule has 0 aliphatic carbocycles. The molecule has 0 amide bonds. The fraction of sp³-hybridized carbons (Fsp3) is 0.100. The Labute approximate surface area is 104 Å². The van der Waals surface area contributed by atoms with Crippen molar-refractivity contribution in [3.8, 4) is 0 Å². The molecule has 2 heterocycles. The Hall–Kier alpha value is -1.57. The number of hydrogen-bond donors (Lipinski definition) is 0. The van der Waals surface area contributed by atoms with Crippen LogP contribution in [0.4, 0.5) is 0 Å². The second-order valence-corrected chi connectivity index (χ2v) is 3.08. The molecule has 0 fully saturated rings. The summed E-state index contributed by atoms with van der Waals surface area (Å²) in [5, 5.41) is 14.4. The zero-order valence-electron chi connectivity index (χ0n) is 8.83. The molecule has 5 nitrogen and oxygen atoms in total. The first kappa shape index (κ1) is 12.5. The summed E-state index contributed by atoms with van der Waals surface area (Å²) in [5.74, 6) is -1.22. The zero-order chi connectivity index (χ0) is 10.7. The van der Waals surface area contributed by atoms with Crippen LogP contribution in [0.25, 0.3) is 0 Å². The second kappa shape index (κ2) is 5.49. The van der Waals surface area contributed by atoms with Crippen LogP contribution in [0.1, 0.15) is 15.9 Å². The molecule has 0 atom stereocenters. The Morgan fingerprint density at radius 3 is 2.81 bits per heavy atom. The molecule has 0 unspecified atom stereocenters. The smallest absolute Gasteiger partial charge is 0.545 e. The average Bonchev–Trinajstić information content (AvgIpc) is 2.68. The van der Waals surface area contributed by atoms with Gasteiger partial charge in [-0.3, -0.25) is 9.67 Å². The van der Waals surface area contributed by atoms with Crippen molar-refractivity contribution in [3.05, 3.63) is 48.0 Å². The van der Waals surface area contributed by atoms with Crippen molar-refractivity contribution in [1.29, 1.82) is 0 Å². The molecule has 2 aromatic rings. The van der Waals surface area contributed by atoms with Crippen molar-refractivity contribution < 1.29 is 28.8 Å². The van der Waals surface area contributed by atoms with Crippen molar-refractivity contribution in [2.45, 2.75) is 6.54 Å². The molecule has 2 aromatic heterocycles. The van der Waals surface area contributed by atoms with Crippen molar-refractivity contribution >= 4 is 5.97 Å². The number of pyridine rings is 1. The molecule has 0 saturated carbocycles. The molecular weight excluding hydrogens is 201 g/mol. The normalized spacial score (nSPS) is 9.50. The average molecular weight is 209 g/mol. The monoisotopic (exact) mass is 209 g/mol. The van der Waals surface area contributed by atoms with E-state index in [-0.39, 0.29) is 24.4 Å². The first-order valence-corrected chi connectivity index (χ1v) is 4.38. The van der Waals surface area contributed by atoms with Crippen LogP contribution in [0.15, 0.2) is 36.9 Å². The predicted molar refractivity (Wildman–Crippen MR) is 49.9 cm³/mol. The number of carboxylic acid groups (broad SMARTS) is 1. The largest absolute Gasteiger partial charge is 1.00 e. The van der Waals surface area contributed by atoms with Gasteiger partial charge in [-0.25, -0.2) is 0 Å². The van der Waals surface area contributed by atoms with Gasteiger partial charge in [0.2, 0.25) is 0 Å². The van der Waals surface area contributed by atoms with Crippen molar-refractivity contribution in [2.75, 3.05) is 0 Å². The van der Waals surface area contributed by atoms with Gasteiger partial charge in [-0.05, 0) is 11.6 Å². The molecule has 2 rings (SSSR count). The number of aromatic carboxylic acids is 1. The summed E-state index contributed by atoms with van der Waals surface area (Å²) in [6, 6.07) is 3.71. The molecule has 16 heavy (non-hydrogen) atoms. The molecule has 0 bridgehead atoms. The quantitative estimate of drug-likeness (QED) is 0.496. The third-order valence-corrected chi connectivity index (χ3v) is 1.94. The minimum atomic E-state index is -1.22. The number of carbonyl (C=O) groups is 1. The van der Waals surface area contributed by atoms with Gasteiger partial charge in [0, 0.05) is 24.2 Å². The maximum atomic E-state index is 10.5. The molecule has 0 spiro atoms. The fourth-order valence-electron chi connectivity index (χ4n) is 1.23. The summed E-state index contributed by atoms with van der Waals surface area (Å²) < 4.78 is 1.53. The van der Waals surface area contributed by atoms with E-state index in [1.54, 1.807) is 12.4 Å². The maximum absolute atomic E-state index is 10.5. The molecule has 0 radical (unpaired) electrons. The van der Waals surface area contributed by atoms with Gasteiger partial charge in [0.15, 0.2) is 0 Å². The zero-order valence-corrected chi connectivity index (χ0v) is 8.83. The number of aromatic nitrogens is 3. The molecule has 0 saturated heterocycles. The maximum Gasteiger partial charge on any atom is 1.00 e. The molecule has 0 aromatic carbocycles. The summed E-state index contributed by atoms with van der Waals surface area (Å²) in [4.78, 5) is 14.4. The number of nitrogens with zero attached hydrogens (tertiary/aromatic N) is 3. The van der Waals surface area contributed by atoms with Crippen molar-refractivity contribution in [1.82, 2.24) is 14.8 Å². The number of carbonyl (C=O) groups excluding carboxylic acids is 1. The third kappa shape index (κ3) is 2.96. The Bertz CT molecular complexity index is 470. The molecule has 0 N–H and O–H groups in total. The summed E-state index contributed by atoms with van der Waals surface area (Å²) in [7, 11) is 0. The molecular formula is C10H8LiN3O2. The Kier molecular flexibility index (Phi) is 4.29. The van der Waals surface area contributed by atoms with E-state index in [0.717, 1.165) is 5.56 Å². The molecule has 0 aliphatic rings. The van der Waals surface area contributed by atoms with Crippen LogP contribution in [0.2, 0.25) is 0 Å². The van der Waals surface area contributed by atoms with Gasteiger partial charge in [-0.1, -0.05) is 6.07 Å². The molecule has 6 heteroatoms. The Balaban J connectivity index is 0.00000128. The van der Waals surface area contributed by atoms with Gasteiger partial charge in [0.25, 0.3) is 0 Å². The Morgan fingerprint density at radius 1 is 1.44 bits per heavy atom.